The van der Waals surface area contributed by atoms with Crippen LogP contribution in [-0.4, -0.2) is 22.1 Å². The van der Waals surface area contributed by atoms with Gasteiger partial charge in [-0.3, -0.25) is 9.78 Å². The lowest BCUT2D eigenvalue weighted by atomic mass is 10.2. The van der Waals surface area contributed by atoms with Crippen LogP contribution in [0.15, 0.2) is 36.5 Å². The van der Waals surface area contributed by atoms with Crippen molar-refractivity contribution in [2.24, 2.45) is 0 Å². The normalized spacial score (nSPS) is 12.4. The van der Waals surface area contributed by atoms with E-state index >= 15 is 0 Å². The number of hydrogen-bond donors (Lipinski definition) is 2. The smallest absolute Gasteiger partial charge is 0.252 e. The first-order valence-corrected chi connectivity index (χ1v) is 5.00. The molecule has 1 aromatic heterocycles. The van der Waals surface area contributed by atoms with E-state index in [9.17, 15) is 4.79 Å². The predicted molar refractivity (Wildman–Crippen MR) is 62.1 cm³/mol. The van der Waals surface area contributed by atoms with Gasteiger partial charge in [0.2, 0.25) is 0 Å². The molecule has 1 aromatic carbocycles. The van der Waals surface area contributed by atoms with Crippen molar-refractivity contribution in [3.63, 3.8) is 0 Å². The van der Waals surface area contributed by atoms with Crippen molar-refractivity contribution in [1.29, 1.82) is 0 Å². The highest BCUT2D eigenvalue weighted by Crippen LogP contribution is 2.16. The molecule has 0 saturated carbocycles. The van der Waals surface area contributed by atoms with E-state index in [0.29, 0.717) is 5.69 Å². The summed E-state index contributed by atoms with van der Waals surface area (Å²) in [4.78, 5) is 15.4. The van der Waals surface area contributed by atoms with Gasteiger partial charge in [-0.05, 0) is 31.2 Å². The molecule has 0 aliphatic heterocycles. The van der Waals surface area contributed by atoms with Crippen molar-refractivity contribution >= 4 is 22.5 Å². The maximum atomic E-state index is 11.3. The third-order valence-corrected chi connectivity index (χ3v) is 2.25. The van der Waals surface area contributed by atoms with Gasteiger partial charge in [-0.25, -0.2) is 0 Å². The number of nitrogens with zero attached hydrogens (tertiary/aromatic N) is 1. The van der Waals surface area contributed by atoms with Crippen molar-refractivity contribution in [2.75, 3.05) is 5.32 Å². The second-order valence-electron chi connectivity index (χ2n) is 3.58. The highest BCUT2D eigenvalue weighted by atomic mass is 16.3. The predicted octanol–water partition coefficient (Wildman–Crippen LogP) is 1.55. The molecule has 1 atom stereocenters. The van der Waals surface area contributed by atoms with E-state index in [1.165, 1.54) is 6.92 Å². The molecule has 4 heteroatoms. The zero-order valence-electron chi connectivity index (χ0n) is 8.84. The van der Waals surface area contributed by atoms with Crippen LogP contribution in [0.5, 0.6) is 0 Å². The number of carbonyl (C=O) groups excluding carboxylic acids is 1. The third-order valence-electron chi connectivity index (χ3n) is 2.25. The van der Waals surface area contributed by atoms with Crippen molar-refractivity contribution in [1.82, 2.24) is 4.98 Å². The molecule has 0 spiro atoms. The average molecular weight is 216 g/mol. The molecular weight excluding hydrogens is 204 g/mol. The SMILES string of the molecule is CC(O)C(=O)Nc1ccc2ncccc2c1. The molecule has 0 saturated heterocycles. The number of fused-ring (bicyclic) bond motifs is 1. The van der Waals surface area contributed by atoms with Gasteiger partial charge in [0.15, 0.2) is 0 Å². The summed E-state index contributed by atoms with van der Waals surface area (Å²) in [6.45, 7) is 1.43. The Labute approximate surface area is 92.9 Å². The first kappa shape index (κ1) is 10.6. The summed E-state index contributed by atoms with van der Waals surface area (Å²) < 4.78 is 0. The highest BCUT2D eigenvalue weighted by molar-refractivity contribution is 5.95. The van der Waals surface area contributed by atoms with Crippen molar-refractivity contribution < 1.29 is 9.90 Å². The zero-order valence-corrected chi connectivity index (χ0v) is 8.84. The minimum Gasteiger partial charge on any atom is -0.384 e. The van der Waals surface area contributed by atoms with E-state index in [-0.39, 0.29) is 0 Å². The fourth-order valence-corrected chi connectivity index (χ4v) is 1.40. The van der Waals surface area contributed by atoms with Crippen molar-refractivity contribution in [3.8, 4) is 0 Å². The molecule has 1 heterocycles. The Hall–Kier alpha value is -1.94. The number of amides is 1. The summed E-state index contributed by atoms with van der Waals surface area (Å²) in [5, 5.41) is 12.6. The lowest BCUT2D eigenvalue weighted by Gasteiger charge is -2.07. The Morgan fingerprint density at radius 2 is 2.25 bits per heavy atom. The van der Waals surface area contributed by atoms with E-state index in [2.05, 4.69) is 10.3 Å². The molecule has 1 unspecified atom stereocenters. The number of carbonyl (C=O) groups is 1. The molecule has 0 bridgehead atoms. The number of anilines is 1. The number of aliphatic hydroxyl groups excluding tert-OH is 1. The van der Waals surface area contributed by atoms with Gasteiger partial charge >= 0.3 is 0 Å². The monoisotopic (exact) mass is 216 g/mol. The number of aliphatic hydroxyl groups is 1. The van der Waals surface area contributed by atoms with E-state index in [4.69, 9.17) is 5.11 Å². The number of nitrogens with one attached hydrogen (secondary N) is 1. The fraction of sp³-hybridized carbons (Fsp3) is 0.167. The van der Waals surface area contributed by atoms with Gasteiger partial charge in [0, 0.05) is 17.3 Å². The van der Waals surface area contributed by atoms with Crippen LogP contribution >= 0.6 is 0 Å². The van der Waals surface area contributed by atoms with Gasteiger partial charge in [-0.2, -0.15) is 0 Å². The molecule has 0 fully saturated rings. The van der Waals surface area contributed by atoms with E-state index in [0.717, 1.165) is 10.9 Å². The Morgan fingerprint density at radius 1 is 1.44 bits per heavy atom. The van der Waals surface area contributed by atoms with Crippen LogP contribution in [-0.2, 0) is 4.79 Å². The van der Waals surface area contributed by atoms with Crippen LogP contribution in [0.1, 0.15) is 6.92 Å². The second-order valence-corrected chi connectivity index (χ2v) is 3.58. The summed E-state index contributed by atoms with van der Waals surface area (Å²) in [5.41, 5.74) is 1.53. The molecule has 1 amide bonds. The molecule has 2 N–H and O–H groups in total. The molecule has 82 valence electrons. The molecule has 4 nitrogen and oxygen atoms in total. The highest BCUT2D eigenvalue weighted by Gasteiger charge is 2.08. The van der Waals surface area contributed by atoms with E-state index in [1.807, 2.05) is 24.3 Å². The molecule has 0 aliphatic carbocycles. The number of pyridine rings is 1. The van der Waals surface area contributed by atoms with Crippen LogP contribution in [0.2, 0.25) is 0 Å². The third kappa shape index (κ3) is 2.17. The maximum absolute atomic E-state index is 11.3. The van der Waals surface area contributed by atoms with Gasteiger partial charge in [-0.15, -0.1) is 0 Å². The molecule has 2 aromatic rings. The van der Waals surface area contributed by atoms with Gasteiger partial charge in [0.05, 0.1) is 5.52 Å². The lowest BCUT2D eigenvalue weighted by Crippen LogP contribution is -2.24. The van der Waals surface area contributed by atoms with E-state index in [1.54, 1.807) is 12.3 Å². The quantitative estimate of drug-likeness (QED) is 0.800. The molecule has 0 aliphatic rings. The summed E-state index contributed by atoms with van der Waals surface area (Å²) in [6, 6.07) is 9.16. The topological polar surface area (TPSA) is 62.2 Å². The Bertz CT molecular complexity index is 523. The lowest BCUT2D eigenvalue weighted by molar-refractivity contribution is -0.123. The Morgan fingerprint density at radius 3 is 3.00 bits per heavy atom. The van der Waals surface area contributed by atoms with Crippen molar-refractivity contribution in [3.05, 3.63) is 36.5 Å². The van der Waals surface area contributed by atoms with E-state index < -0.39 is 12.0 Å². The summed E-state index contributed by atoms with van der Waals surface area (Å²) in [7, 11) is 0. The number of aromatic nitrogens is 1. The maximum Gasteiger partial charge on any atom is 0.252 e. The molecule has 2 rings (SSSR count). The van der Waals surface area contributed by atoms with Gasteiger partial charge in [0.25, 0.3) is 5.91 Å². The second kappa shape index (κ2) is 4.28. The van der Waals surface area contributed by atoms with Crippen LogP contribution in [0.3, 0.4) is 0 Å². The van der Waals surface area contributed by atoms with Gasteiger partial charge in [-0.1, -0.05) is 6.07 Å². The molecule has 16 heavy (non-hydrogen) atoms. The standard InChI is InChI=1S/C12H12N2O2/c1-8(15)12(16)14-10-4-5-11-9(7-10)3-2-6-13-11/h2-8,15H,1H3,(H,14,16). The molecule has 0 radical (unpaired) electrons. The number of benzene rings is 1. The van der Waals surface area contributed by atoms with Crippen molar-refractivity contribution in [2.45, 2.75) is 13.0 Å². The molecular formula is C12H12N2O2. The zero-order chi connectivity index (χ0) is 11.5. The summed E-state index contributed by atoms with van der Waals surface area (Å²) in [5.74, 6) is -0.414. The number of rotatable bonds is 2. The van der Waals surface area contributed by atoms with Crippen LogP contribution in [0.25, 0.3) is 10.9 Å². The summed E-state index contributed by atoms with van der Waals surface area (Å²) in [6.07, 6.45) is 0.709. The first-order valence-electron chi connectivity index (χ1n) is 5.00. The minimum absolute atomic E-state index is 0.414. The fourth-order valence-electron chi connectivity index (χ4n) is 1.40. The van der Waals surface area contributed by atoms with Gasteiger partial charge in [0.1, 0.15) is 6.10 Å². The minimum atomic E-state index is -1.01. The number of hydrogen-bond acceptors (Lipinski definition) is 3. The Kier molecular flexibility index (Phi) is 2.83. The Balaban J connectivity index is 2.29. The first-order chi connectivity index (χ1) is 7.66. The average Bonchev–Trinajstić information content (AvgIpc) is 2.28. The summed E-state index contributed by atoms with van der Waals surface area (Å²) >= 11 is 0. The van der Waals surface area contributed by atoms with Crippen LogP contribution in [0, 0.1) is 0 Å². The van der Waals surface area contributed by atoms with Crippen LogP contribution in [0.4, 0.5) is 5.69 Å². The largest absolute Gasteiger partial charge is 0.384 e. The van der Waals surface area contributed by atoms with Gasteiger partial charge < -0.3 is 10.4 Å². The van der Waals surface area contributed by atoms with Crippen LogP contribution < -0.4 is 5.32 Å².